The van der Waals surface area contributed by atoms with E-state index in [1.807, 2.05) is 62.9 Å². The molecule has 36 heavy (non-hydrogen) atoms. The predicted molar refractivity (Wildman–Crippen MR) is 143 cm³/mol. The fourth-order valence-corrected chi connectivity index (χ4v) is 2.08. The Kier molecular flexibility index (Phi) is 20.2. The molecule has 0 spiro atoms. The second-order valence-electron chi connectivity index (χ2n) is 9.68. The number of nitriles is 2. The van der Waals surface area contributed by atoms with Crippen molar-refractivity contribution in [1.29, 1.82) is 10.5 Å². The molecule has 0 aliphatic carbocycles. The van der Waals surface area contributed by atoms with E-state index in [4.69, 9.17) is 16.3 Å². The zero-order valence-corrected chi connectivity index (χ0v) is 23.5. The van der Waals surface area contributed by atoms with E-state index >= 15 is 0 Å². The molecular formula is C27H45N5O4. The van der Waals surface area contributed by atoms with Gasteiger partial charge in [-0.15, -0.1) is 0 Å². The number of carbonyl (C=O) groups excluding carboxylic acids is 3. The third-order valence-corrected chi connectivity index (χ3v) is 4.19. The van der Waals surface area contributed by atoms with Crippen LogP contribution in [0.1, 0.15) is 73.3 Å². The monoisotopic (exact) mass is 503 g/mol. The smallest absolute Gasteiger partial charge is 0.325 e. The van der Waals surface area contributed by atoms with E-state index in [0.29, 0.717) is 0 Å². The zero-order chi connectivity index (χ0) is 28.9. The number of nitrogen functional groups attached to an aromatic ring is 1. The van der Waals surface area contributed by atoms with Gasteiger partial charge >= 0.3 is 5.97 Å². The summed E-state index contributed by atoms with van der Waals surface area (Å²) in [4.78, 5) is 32.5. The Morgan fingerprint density at radius 2 is 1.31 bits per heavy atom. The first-order valence-corrected chi connectivity index (χ1v) is 11.7. The number of hydrogen-bond acceptors (Lipinski definition) is 7. The zero-order valence-electron chi connectivity index (χ0n) is 23.5. The van der Waals surface area contributed by atoms with Crippen LogP contribution in [0.25, 0.3) is 0 Å². The van der Waals surface area contributed by atoms with Crippen LogP contribution in [0.15, 0.2) is 24.3 Å². The molecule has 202 valence electrons. The van der Waals surface area contributed by atoms with Gasteiger partial charge in [0.1, 0.15) is 5.41 Å². The maximum Gasteiger partial charge on any atom is 0.325 e. The van der Waals surface area contributed by atoms with Crippen molar-refractivity contribution in [2.24, 2.45) is 16.6 Å². The van der Waals surface area contributed by atoms with Gasteiger partial charge in [0.25, 0.3) is 0 Å². The molecule has 9 nitrogen and oxygen atoms in total. The minimum absolute atomic E-state index is 0.153. The van der Waals surface area contributed by atoms with Crippen LogP contribution in [0.2, 0.25) is 0 Å². The SMILES string of the molecule is CC(=O)N1CCCCC1.CC(C)(C)C#N.CC(N)=O.COC(=O)C(C)(C)C#N.Cc1ccc(N)cc1. The predicted octanol–water partition coefficient (Wildman–Crippen LogP) is 4.35. The highest BCUT2D eigenvalue weighted by molar-refractivity contribution is 5.78. The number of methoxy groups -OCH3 is 1. The average molecular weight is 504 g/mol. The summed E-state index contributed by atoms with van der Waals surface area (Å²) >= 11 is 0. The normalized spacial score (nSPS) is 11.9. The minimum Gasteiger partial charge on any atom is -0.468 e. The third kappa shape index (κ3) is 25.0. The van der Waals surface area contributed by atoms with Crippen molar-refractivity contribution in [3.63, 3.8) is 0 Å². The standard InChI is InChI=1S/C7H13NO.C7H9N.C6H9NO2.C5H9N.C2H5NO/c1-7(9)8-5-3-2-4-6-8;1-6-2-4-7(8)5-3-6;1-6(2,4-7)5(8)9-3;1-5(2,3)4-6;1-2(3)4/h2-6H2,1H3;2-5H,8H2,1H3;1-3H3;1-3H3;1H3,(H2,3,4). The van der Waals surface area contributed by atoms with E-state index in [0.717, 1.165) is 18.8 Å². The van der Waals surface area contributed by atoms with Gasteiger partial charge < -0.3 is 21.1 Å². The number of nitrogens with zero attached hydrogens (tertiary/aromatic N) is 3. The van der Waals surface area contributed by atoms with E-state index in [9.17, 15) is 14.4 Å². The highest BCUT2D eigenvalue weighted by atomic mass is 16.5. The molecule has 4 N–H and O–H groups in total. The minimum atomic E-state index is -1.01. The van der Waals surface area contributed by atoms with E-state index < -0.39 is 11.4 Å². The number of benzene rings is 1. The Hall–Kier alpha value is -3.59. The van der Waals surface area contributed by atoms with Crippen molar-refractivity contribution < 1.29 is 19.1 Å². The highest BCUT2D eigenvalue weighted by Crippen LogP contribution is 2.14. The van der Waals surface area contributed by atoms with Crippen molar-refractivity contribution in [1.82, 2.24) is 4.90 Å². The summed E-state index contributed by atoms with van der Waals surface area (Å²) in [6.45, 7) is 15.6. The van der Waals surface area contributed by atoms with Crippen molar-refractivity contribution in [3.05, 3.63) is 29.8 Å². The number of amides is 2. The first-order chi connectivity index (χ1) is 16.4. The van der Waals surface area contributed by atoms with Crippen LogP contribution < -0.4 is 11.5 Å². The Morgan fingerprint density at radius 3 is 1.50 bits per heavy atom. The lowest BCUT2D eigenvalue weighted by molar-refractivity contribution is -0.147. The summed E-state index contributed by atoms with van der Waals surface area (Å²) in [6.07, 6.45) is 3.68. The van der Waals surface area contributed by atoms with E-state index in [2.05, 4.69) is 16.5 Å². The van der Waals surface area contributed by atoms with Crippen LogP contribution in [0, 0.1) is 40.4 Å². The van der Waals surface area contributed by atoms with Gasteiger partial charge in [0.2, 0.25) is 11.8 Å². The number of rotatable bonds is 1. The van der Waals surface area contributed by atoms with Gasteiger partial charge in [0, 0.05) is 38.0 Å². The fourth-order valence-electron chi connectivity index (χ4n) is 2.08. The molecule has 0 aromatic heterocycles. The van der Waals surface area contributed by atoms with E-state index in [1.54, 1.807) is 6.92 Å². The molecule has 1 aliphatic heterocycles. The van der Waals surface area contributed by atoms with Crippen LogP contribution in [0.5, 0.6) is 0 Å². The molecule has 2 amide bonds. The fraction of sp³-hybridized carbons (Fsp3) is 0.593. The number of piperidine rings is 1. The number of aryl methyl sites for hydroxylation is 1. The van der Waals surface area contributed by atoms with Gasteiger partial charge in [0.15, 0.2) is 0 Å². The van der Waals surface area contributed by atoms with Crippen molar-refractivity contribution in [2.75, 3.05) is 25.9 Å². The van der Waals surface area contributed by atoms with Crippen LogP contribution in [0.4, 0.5) is 5.69 Å². The van der Waals surface area contributed by atoms with E-state index in [-0.39, 0.29) is 17.2 Å². The van der Waals surface area contributed by atoms with E-state index in [1.165, 1.54) is 52.7 Å². The van der Waals surface area contributed by atoms with Crippen LogP contribution in [-0.2, 0) is 19.1 Å². The summed E-state index contributed by atoms with van der Waals surface area (Å²) in [5.41, 5.74) is 10.8. The lowest BCUT2D eigenvalue weighted by atomic mass is 9.97. The van der Waals surface area contributed by atoms with Crippen LogP contribution in [0.3, 0.4) is 0 Å². The molecule has 9 heteroatoms. The molecule has 0 unspecified atom stereocenters. The second kappa shape index (κ2) is 19.7. The first-order valence-electron chi connectivity index (χ1n) is 11.7. The van der Waals surface area contributed by atoms with Crippen LogP contribution in [-0.4, -0.2) is 42.9 Å². The number of nitrogens with two attached hydrogens (primary N) is 2. The number of likely N-dealkylation sites (tertiary alicyclic amines) is 1. The lowest BCUT2D eigenvalue weighted by Gasteiger charge is -2.24. The molecule has 1 saturated heterocycles. The maximum atomic E-state index is 10.7. The summed E-state index contributed by atoms with van der Waals surface area (Å²) in [5.74, 6) is -0.597. The molecule has 2 rings (SSSR count). The van der Waals surface area contributed by atoms with Crippen molar-refractivity contribution in [2.45, 2.75) is 74.7 Å². The van der Waals surface area contributed by atoms with Crippen molar-refractivity contribution in [3.8, 4) is 12.1 Å². The van der Waals surface area contributed by atoms with Gasteiger partial charge in [-0.25, -0.2) is 0 Å². The molecule has 0 saturated carbocycles. The first kappa shape index (κ1) is 37.0. The Bertz CT molecular complexity index is 829. The molecule has 1 aromatic rings. The molecule has 1 fully saturated rings. The summed E-state index contributed by atoms with van der Waals surface area (Å²) < 4.78 is 4.34. The van der Waals surface area contributed by atoms with Crippen LogP contribution >= 0.6 is 0 Å². The molecule has 0 radical (unpaired) electrons. The largest absolute Gasteiger partial charge is 0.468 e. The topological polar surface area (TPSA) is 163 Å². The molecule has 0 atom stereocenters. The molecule has 0 bridgehead atoms. The summed E-state index contributed by atoms with van der Waals surface area (Å²) in [5, 5.41) is 16.5. The Morgan fingerprint density at radius 1 is 0.917 bits per heavy atom. The average Bonchev–Trinajstić information content (AvgIpc) is 2.81. The number of carbonyl (C=O) groups is 3. The quantitative estimate of drug-likeness (QED) is 0.425. The lowest BCUT2D eigenvalue weighted by Crippen LogP contribution is -2.33. The molecule has 1 heterocycles. The van der Waals surface area contributed by atoms with Gasteiger partial charge in [-0.3, -0.25) is 14.4 Å². The Balaban J connectivity index is -0.000000388. The summed E-state index contributed by atoms with van der Waals surface area (Å²) in [7, 11) is 1.27. The maximum absolute atomic E-state index is 10.7. The molecular weight excluding hydrogens is 458 g/mol. The van der Waals surface area contributed by atoms with Crippen molar-refractivity contribution >= 4 is 23.5 Å². The van der Waals surface area contributed by atoms with Gasteiger partial charge in [0.05, 0.1) is 19.2 Å². The van der Waals surface area contributed by atoms with Gasteiger partial charge in [-0.1, -0.05) is 17.7 Å². The number of primary amides is 1. The number of esters is 1. The Labute approximate surface area is 217 Å². The van der Waals surface area contributed by atoms with Gasteiger partial charge in [-0.05, 0) is 72.9 Å². The second-order valence-corrected chi connectivity index (χ2v) is 9.68. The third-order valence-electron chi connectivity index (χ3n) is 4.19. The number of ether oxygens (including phenoxy) is 1. The molecule has 1 aliphatic rings. The number of anilines is 1. The summed E-state index contributed by atoms with van der Waals surface area (Å²) in [6, 6.07) is 11.7. The highest BCUT2D eigenvalue weighted by Gasteiger charge is 2.27. The molecule has 1 aromatic carbocycles. The van der Waals surface area contributed by atoms with Gasteiger partial charge in [-0.2, -0.15) is 10.5 Å². The number of hydrogen-bond donors (Lipinski definition) is 2.